The topological polar surface area (TPSA) is 110 Å². The van der Waals surface area contributed by atoms with Gasteiger partial charge in [-0.15, -0.1) is 0 Å². The normalized spacial score (nSPS) is 22.7. The van der Waals surface area contributed by atoms with E-state index >= 15 is 0 Å². The highest BCUT2D eigenvalue weighted by Crippen LogP contribution is 2.33. The molecule has 2 atom stereocenters. The van der Waals surface area contributed by atoms with Crippen LogP contribution in [0.1, 0.15) is 43.9 Å². The summed E-state index contributed by atoms with van der Waals surface area (Å²) in [6.45, 7) is 2.07. The second-order valence-corrected chi connectivity index (χ2v) is 9.91. The van der Waals surface area contributed by atoms with Gasteiger partial charge < -0.3 is 10.6 Å². The highest BCUT2D eigenvalue weighted by Gasteiger charge is 2.34. The molecule has 1 fully saturated rings. The Labute approximate surface area is 169 Å². The lowest BCUT2D eigenvalue weighted by atomic mass is 9.86. The molecular weight excluding hydrogens is 392 g/mol. The molecule has 2 heterocycles. The third-order valence-electron chi connectivity index (χ3n) is 5.65. The molecule has 0 spiro atoms. The lowest BCUT2D eigenvalue weighted by Gasteiger charge is -2.29. The molecular formula is C20H24N4O4S. The van der Waals surface area contributed by atoms with E-state index in [1.807, 2.05) is 18.2 Å². The predicted octanol–water partition coefficient (Wildman–Crippen LogP) is 1.93. The predicted molar refractivity (Wildman–Crippen MR) is 108 cm³/mol. The molecule has 154 valence electrons. The number of carbonyl (C=O) groups is 2. The minimum absolute atomic E-state index is 0.0212. The highest BCUT2D eigenvalue weighted by molar-refractivity contribution is 7.90. The largest absolute Gasteiger partial charge is 0.345 e. The number of sulfone groups is 1. The van der Waals surface area contributed by atoms with Crippen molar-refractivity contribution in [1.29, 1.82) is 0 Å². The number of aromatic nitrogens is 2. The van der Waals surface area contributed by atoms with Gasteiger partial charge in [0.15, 0.2) is 9.84 Å². The SMILES string of the molecule is CC1CCCCC1NC(=O)C(=O)Nc1c2c(nn1-c1ccccc1)CS(=O)(=O)C2. The minimum atomic E-state index is -3.30. The Morgan fingerprint density at radius 1 is 1.07 bits per heavy atom. The number of nitrogens with zero attached hydrogens (tertiary/aromatic N) is 2. The first kappa shape index (κ1) is 19.6. The molecule has 1 aliphatic carbocycles. The summed E-state index contributed by atoms with van der Waals surface area (Å²) in [5.41, 5.74) is 1.53. The molecule has 0 radical (unpaired) electrons. The second kappa shape index (κ2) is 7.62. The number of fused-ring (bicyclic) bond motifs is 1. The van der Waals surface area contributed by atoms with E-state index in [2.05, 4.69) is 22.7 Å². The van der Waals surface area contributed by atoms with E-state index in [9.17, 15) is 18.0 Å². The summed E-state index contributed by atoms with van der Waals surface area (Å²) in [5, 5.41) is 9.83. The van der Waals surface area contributed by atoms with Crippen molar-refractivity contribution < 1.29 is 18.0 Å². The number of amides is 2. The fourth-order valence-electron chi connectivity index (χ4n) is 4.06. The van der Waals surface area contributed by atoms with Gasteiger partial charge in [0.05, 0.1) is 22.9 Å². The zero-order valence-corrected chi connectivity index (χ0v) is 17.0. The van der Waals surface area contributed by atoms with E-state index in [1.165, 1.54) is 4.68 Å². The number of carbonyl (C=O) groups excluding carboxylic acids is 2. The Balaban J connectivity index is 1.59. The lowest BCUT2D eigenvalue weighted by Crippen LogP contribution is -2.46. The molecule has 29 heavy (non-hydrogen) atoms. The average Bonchev–Trinajstić information content (AvgIpc) is 3.16. The number of para-hydroxylation sites is 1. The molecule has 2 amide bonds. The number of benzene rings is 1. The third kappa shape index (κ3) is 4.05. The van der Waals surface area contributed by atoms with Crippen LogP contribution >= 0.6 is 0 Å². The molecule has 2 aromatic rings. The van der Waals surface area contributed by atoms with Gasteiger partial charge in [-0.1, -0.05) is 38.0 Å². The summed E-state index contributed by atoms with van der Waals surface area (Å²) >= 11 is 0. The minimum Gasteiger partial charge on any atom is -0.345 e. The van der Waals surface area contributed by atoms with Crippen LogP contribution in [0.4, 0.5) is 5.82 Å². The Morgan fingerprint density at radius 3 is 2.52 bits per heavy atom. The van der Waals surface area contributed by atoms with Crippen LogP contribution in [0.2, 0.25) is 0 Å². The molecule has 1 aromatic carbocycles. The maximum atomic E-state index is 12.6. The van der Waals surface area contributed by atoms with Gasteiger partial charge in [0.2, 0.25) is 0 Å². The van der Waals surface area contributed by atoms with Crippen LogP contribution in [0, 0.1) is 5.92 Å². The maximum absolute atomic E-state index is 12.6. The van der Waals surface area contributed by atoms with Crippen LogP contribution in [0.3, 0.4) is 0 Å². The molecule has 1 aliphatic heterocycles. The fourth-order valence-corrected chi connectivity index (χ4v) is 5.55. The Kier molecular flexibility index (Phi) is 5.16. The quantitative estimate of drug-likeness (QED) is 0.743. The molecule has 2 N–H and O–H groups in total. The summed E-state index contributed by atoms with van der Waals surface area (Å²) in [6.07, 6.45) is 4.05. The highest BCUT2D eigenvalue weighted by atomic mass is 32.2. The number of hydrogen-bond acceptors (Lipinski definition) is 5. The number of anilines is 1. The van der Waals surface area contributed by atoms with Crippen molar-refractivity contribution in [3.8, 4) is 5.69 Å². The van der Waals surface area contributed by atoms with Gasteiger partial charge in [-0.3, -0.25) is 9.59 Å². The van der Waals surface area contributed by atoms with Gasteiger partial charge in [0, 0.05) is 11.6 Å². The number of rotatable bonds is 3. The standard InChI is InChI=1S/C20H24N4O4S/c1-13-7-5-6-10-16(13)21-19(25)20(26)22-18-15-11-29(27,28)12-17(15)23-24(18)14-8-3-2-4-9-14/h2-4,8-9,13,16H,5-7,10-12H2,1H3,(H,21,25)(H,22,26). The summed E-state index contributed by atoms with van der Waals surface area (Å²) in [4.78, 5) is 25.1. The van der Waals surface area contributed by atoms with Crippen molar-refractivity contribution >= 4 is 27.5 Å². The molecule has 1 aromatic heterocycles. The van der Waals surface area contributed by atoms with Crippen molar-refractivity contribution in [2.24, 2.45) is 5.92 Å². The van der Waals surface area contributed by atoms with Gasteiger partial charge in [-0.25, -0.2) is 13.1 Å². The first-order valence-electron chi connectivity index (χ1n) is 9.82. The van der Waals surface area contributed by atoms with E-state index in [1.54, 1.807) is 12.1 Å². The van der Waals surface area contributed by atoms with Crippen molar-refractivity contribution in [2.75, 3.05) is 5.32 Å². The van der Waals surface area contributed by atoms with E-state index in [0.29, 0.717) is 22.9 Å². The number of hydrogen-bond donors (Lipinski definition) is 2. The maximum Gasteiger partial charge on any atom is 0.314 e. The Hall–Kier alpha value is -2.68. The fraction of sp³-hybridized carbons (Fsp3) is 0.450. The van der Waals surface area contributed by atoms with Gasteiger partial charge in [-0.2, -0.15) is 5.10 Å². The van der Waals surface area contributed by atoms with E-state index < -0.39 is 21.7 Å². The van der Waals surface area contributed by atoms with Gasteiger partial charge in [0.1, 0.15) is 5.82 Å². The number of nitrogens with one attached hydrogen (secondary N) is 2. The average molecular weight is 417 g/mol. The first-order chi connectivity index (χ1) is 13.8. The van der Waals surface area contributed by atoms with E-state index in [4.69, 9.17) is 0 Å². The van der Waals surface area contributed by atoms with Gasteiger partial charge in [-0.05, 0) is 30.9 Å². The molecule has 8 nitrogen and oxygen atoms in total. The summed E-state index contributed by atoms with van der Waals surface area (Å²) in [5.74, 6) is -1.33. The molecule has 4 rings (SSSR count). The zero-order chi connectivity index (χ0) is 20.6. The smallest absolute Gasteiger partial charge is 0.314 e. The summed E-state index contributed by atoms with van der Waals surface area (Å²) in [6, 6.07) is 9.07. The van der Waals surface area contributed by atoms with Crippen LogP contribution in [0.25, 0.3) is 5.69 Å². The van der Waals surface area contributed by atoms with Gasteiger partial charge in [0.25, 0.3) is 0 Å². The van der Waals surface area contributed by atoms with Crippen LogP contribution in [-0.4, -0.2) is 36.1 Å². The van der Waals surface area contributed by atoms with Crippen molar-refractivity contribution in [2.45, 2.75) is 50.2 Å². The van der Waals surface area contributed by atoms with E-state index in [0.717, 1.165) is 25.7 Å². The second-order valence-electron chi connectivity index (χ2n) is 7.85. The molecule has 0 bridgehead atoms. The van der Waals surface area contributed by atoms with Crippen LogP contribution in [0.15, 0.2) is 30.3 Å². The lowest BCUT2D eigenvalue weighted by molar-refractivity contribution is -0.137. The third-order valence-corrected chi connectivity index (χ3v) is 7.10. The zero-order valence-electron chi connectivity index (χ0n) is 16.2. The first-order valence-corrected chi connectivity index (χ1v) is 11.6. The van der Waals surface area contributed by atoms with E-state index in [-0.39, 0.29) is 23.4 Å². The van der Waals surface area contributed by atoms with Crippen molar-refractivity contribution in [3.05, 3.63) is 41.6 Å². The summed E-state index contributed by atoms with van der Waals surface area (Å²) in [7, 11) is -3.30. The van der Waals surface area contributed by atoms with Crippen LogP contribution < -0.4 is 10.6 Å². The van der Waals surface area contributed by atoms with Gasteiger partial charge >= 0.3 is 11.8 Å². The monoisotopic (exact) mass is 416 g/mol. The summed E-state index contributed by atoms with van der Waals surface area (Å²) < 4.78 is 25.5. The Morgan fingerprint density at radius 2 is 1.79 bits per heavy atom. The Bertz CT molecular complexity index is 1050. The van der Waals surface area contributed by atoms with Crippen LogP contribution in [0.5, 0.6) is 0 Å². The molecule has 0 saturated heterocycles. The molecule has 2 aliphatic rings. The van der Waals surface area contributed by atoms with Crippen molar-refractivity contribution in [3.63, 3.8) is 0 Å². The molecule has 2 unspecified atom stereocenters. The molecule has 9 heteroatoms. The van der Waals surface area contributed by atoms with Crippen LogP contribution in [-0.2, 0) is 30.9 Å². The van der Waals surface area contributed by atoms with Crippen molar-refractivity contribution in [1.82, 2.24) is 15.1 Å². The molecule has 1 saturated carbocycles.